The van der Waals surface area contributed by atoms with Crippen molar-refractivity contribution in [3.63, 3.8) is 0 Å². The molecule has 11 rings (SSSR count). The fourth-order valence-electron chi connectivity index (χ4n) is 8.24. The standard InChI is InChI=1S/C53H33NO2/c1-3-15-34(16-4-1)50-46(38-21-11-19-36(31-38)40-25-13-27-44-42-23-7-9-29-48(42)55-52(40)44)33-47(51(54-50)35-17-5-2-6-18-35)39-22-12-20-37(32-39)41-26-14-28-45-43-24-8-10-30-49(43)56-53(41)45/h1-33H. The Morgan fingerprint density at radius 2 is 0.625 bits per heavy atom. The molecule has 3 heteroatoms. The number of nitrogens with zero attached hydrogens (tertiary/aromatic N) is 1. The SMILES string of the molecule is c1ccc(-c2nc(-c3ccccc3)c(-c3cccc(-c4cccc5c4oc4ccccc45)c3)cc2-c2cccc(-c3cccc4c3oc3ccccc34)c2)cc1. The minimum Gasteiger partial charge on any atom is -0.455 e. The Balaban J connectivity index is 1.13. The highest BCUT2D eigenvalue weighted by Gasteiger charge is 2.20. The van der Waals surface area contributed by atoms with Gasteiger partial charge in [0.05, 0.1) is 11.4 Å². The normalized spacial score (nSPS) is 11.6. The van der Waals surface area contributed by atoms with E-state index in [0.717, 1.165) is 111 Å². The van der Waals surface area contributed by atoms with Crippen molar-refractivity contribution < 1.29 is 8.83 Å². The topological polar surface area (TPSA) is 39.2 Å². The fourth-order valence-corrected chi connectivity index (χ4v) is 8.24. The lowest BCUT2D eigenvalue weighted by molar-refractivity contribution is 0.669. The maximum absolute atomic E-state index is 6.49. The number of fused-ring (bicyclic) bond motifs is 6. The van der Waals surface area contributed by atoms with Crippen LogP contribution in [0.4, 0.5) is 0 Å². The molecule has 0 bridgehead atoms. The molecule has 0 saturated heterocycles. The van der Waals surface area contributed by atoms with Gasteiger partial charge in [0.15, 0.2) is 0 Å². The molecule has 0 fully saturated rings. The zero-order valence-electron chi connectivity index (χ0n) is 30.3. The van der Waals surface area contributed by atoms with E-state index in [-0.39, 0.29) is 0 Å². The molecule has 3 nitrogen and oxygen atoms in total. The molecule has 8 aromatic carbocycles. The van der Waals surface area contributed by atoms with Gasteiger partial charge in [-0.2, -0.15) is 0 Å². The summed E-state index contributed by atoms with van der Waals surface area (Å²) in [6.07, 6.45) is 0. The van der Waals surface area contributed by atoms with Gasteiger partial charge in [0, 0.05) is 54.9 Å². The predicted molar refractivity (Wildman–Crippen MR) is 231 cm³/mol. The van der Waals surface area contributed by atoms with E-state index in [4.69, 9.17) is 13.8 Å². The van der Waals surface area contributed by atoms with Crippen LogP contribution in [0.2, 0.25) is 0 Å². The number of aromatic nitrogens is 1. The van der Waals surface area contributed by atoms with Gasteiger partial charge in [-0.25, -0.2) is 4.98 Å². The Morgan fingerprint density at radius 1 is 0.268 bits per heavy atom. The van der Waals surface area contributed by atoms with Crippen molar-refractivity contribution in [3.05, 3.63) is 200 Å². The summed E-state index contributed by atoms with van der Waals surface area (Å²) in [5, 5.41) is 4.47. The van der Waals surface area contributed by atoms with E-state index < -0.39 is 0 Å². The smallest absolute Gasteiger partial charge is 0.143 e. The average molecular weight is 716 g/mol. The van der Waals surface area contributed by atoms with Crippen LogP contribution >= 0.6 is 0 Å². The van der Waals surface area contributed by atoms with Gasteiger partial charge in [0.25, 0.3) is 0 Å². The third-order valence-corrected chi connectivity index (χ3v) is 10.9. The van der Waals surface area contributed by atoms with Crippen molar-refractivity contribution in [2.45, 2.75) is 0 Å². The molecule has 0 N–H and O–H groups in total. The number of pyridine rings is 1. The van der Waals surface area contributed by atoms with Crippen molar-refractivity contribution >= 4 is 43.9 Å². The van der Waals surface area contributed by atoms with E-state index in [1.807, 2.05) is 24.3 Å². The van der Waals surface area contributed by atoms with E-state index >= 15 is 0 Å². The van der Waals surface area contributed by atoms with Gasteiger partial charge in [0.2, 0.25) is 0 Å². The highest BCUT2D eigenvalue weighted by atomic mass is 16.3. The Hall–Kier alpha value is -7.49. The Morgan fingerprint density at radius 3 is 1.09 bits per heavy atom. The third-order valence-electron chi connectivity index (χ3n) is 10.9. The Labute approximate surface area is 323 Å². The van der Waals surface area contributed by atoms with Gasteiger partial charge >= 0.3 is 0 Å². The van der Waals surface area contributed by atoms with E-state index in [1.54, 1.807) is 0 Å². The second-order valence-corrected chi connectivity index (χ2v) is 14.2. The molecule has 0 amide bonds. The zero-order valence-corrected chi connectivity index (χ0v) is 30.3. The number of para-hydroxylation sites is 4. The van der Waals surface area contributed by atoms with Crippen LogP contribution in [0.25, 0.3) is 111 Å². The van der Waals surface area contributed by atoms with Gasteiger partial charge < -0.3 is 8.83 Å². The molecule has 0 radical (unpaired) electrons. The summed E-state index contributed by atoms with van der Waals surface area (Å²) >= 11 is 0. The molecule has 0 spiro atoms. The molecule has 0 saturated carbocycles. The van der Waals surface area contributed by atoms with Crippen LogP contribution in [0.1, 0.15) is 0 Å². The van der Waals surface area contributed by atoms with E-state index in [1.165, 1.54) is 0 Å². The number of hydrogen-bond acceptors (Lipinski definition) is 3. The summed E-state index contributed by atoms with van der Waals surface area (Å²) in [7, 11) is 0. The summed E-state index contributed by atoms with van der Waals surface area (Å²) in [4.78, 5) is 5.59. The van der Waals surface area contributed by atoms with Crippen molar-refractivity contribution in [1.82, 2.24) is 4.98 Å². The Kier molecular flexibility index (Phi) is 7.49. The first-order valence-corrected chi connectivity index (χ1v) is 18.9. The Bertz CT molecular complexity index is 3030. The van der Waals surface area contributed by atoms with Crippen molar-refractivity contribution in [3.8, 4) is 67.0 Å². The quantitative estimate of drug-likeness (QED) is 0.172. The first-order chi connectivity index (χ1) is 27.8. The molecule has 0 aliphatic rings. The maximum Gasteiger partial charge on any atom is 0.143 e. The third kappa shape index (κ3) is 5.32. The molecule has 3 aromatic heterocycles. The van der Waals surface area contributed by atoms with Gasteiger partial charge in [-0.15, -0.1) is 0 Å². The molecule has 0 atom stereocenters. The van der Waals surface area contributed by atoms with E-state index in [9.17, 15) is 0 Å². The molecule has 0 aliphatic heterocycles. The van der Waals surface area contributed by atoms with Crippen LogP contribution < -0.4 is 0 Å². The number of rotatable bonds is 6. The highest BCUT2D eigenvalue weighted by Crippen LogP contribution is 2.43. The molecule has 0 unspecified atom stereocenters. The van der Waals surface area contributed by atoms with Crippen LogP contribution in [0, 0.1) is 0 Å². The molecular weight excluding hydrogens is 683 g/mol. The van der Waals surface area contributed by atoms with Crippen LogP contribution in [0.5, 0.6) is 0 Å². The highest BCUT2D eigenvalue weighted by molar-refractivity contribution is 6.11. The van der Waals surface area contributed by atoms with Gasteiger partial charge in [-0.1, -0.05) is 170 Å². The lowest BCUT2D eigenvalue weighted by Crippen LogP contribution is -1.97. The molecule has 11 aromatic rings. The zero-order chi connectivity index (χ0) is 37.0. The second kappa shape index (κ2) is 13.1. The van der Waals surface area contributed by atoms with Crippen LogP contribution in [-0.2, 0) is 0 Å². The fraction of sp³-hybridized carbons (Fsp3) is 0. The van der Waals surface area contributed by atoms with Gasteiger partial charge in [0.1, 0.15) is 22.3 Å². The minimum absolute atomic E-state index is 0.890. The van der Waals surface area contributed by atoms with Crippen molar-refractivity contribution in [2.75, 3.05) is 0 Å². The lowest BCUT2D eigenvalue weighted by atomic mass is 9.89. The monoisotopic (exact) mass is 715 g/mol. The van der Waals surface area contributed by atoms with Crippen LogP contribution in [0.3, 0.4) is 0 Å². The summed E-state index contributed by atoms with van der Waals surface area (Å²) in [5.74, 6) is 0. The van der Waals surface area contributed by atoms with E-state index in [0.29, 0.717) is 0 Å². The van der Waals surface area contributed by atoms with Crippen molar-refractivity contribution in [2.24, 2.45) is 0 Å². The summed E-state index contributed by atoms with van der Waals surface area (Å²) < 4.78 is 13.0. The molecule has 262 valence electrons. The van der Waals surface area contributed by atoms with Crippen LogP contribution in [0.15, 0.2) is 209 Å². The maximum atomic E-state index is 6.49. The first-order valence-electron chi connectivity index (χ1n) is 18.9. The molecule has 56 heavy (non-hydrogen) atoms. The number of furan rings is 2. The van der Waals surface area contributed by atoms with Gasteiger partial charge in [-0.05, 0) is 52.6 Å². The summed E-state index contributed by atoms with van der Waals surface area (Å²) in [6.45, 7) is 0. The lowest BCUT2D eigenvalue weighted by Gasteiger charge is -2.18. The minimum atomic E-state index is 0.890. The summed E-state index contributed by atoms with van der Waals surface area (Å²) in [5.41, 5.74) is 16.1. The molecular formula is C53H33NO2. The van der Waals surface area contributed by atoms with Crippen LogP contribution in [-0.4, -0.2) is 4.98 Å². The van der Waals surface area contributed by atoms with Crippen molar-refractivity contribution in [1.29, 1.82) is 0 Å². The average Bonchev–Trinajstić information content (AvgIpc) is 3.85. The summed E-state index contributed by atoms with van der Waals surface area (Å²) in [6, 6.07) is 70.2. The molecule has 0 aliphatic carbocycles. The van der Waals surface area contributed by atoms with E-state index in [2.05, 4.69) is 176 Å². The predicted octanol–water partition coefficient (Wildman–Crippen LogP) is 14.9. The first kappa shape index (κ1) is 32.0. The second-order valence-electron chi connectivity index (χ2n) is 14.2. The molecule has 3 heterocycles. The number of benzene rings is 8. The van der Waals surface area contributed by atoms with Gasteiger partial charge in [-0.3, -0.25) is 0 Å². The largest absolute Gasteiger partial charge is 0.455 e. The number of hydrogen-bond donors (Lipinski definition) is 0.